The van der Waals surface area contributed by atoms with Crippen molar-refractivity contribution in [2.45, 2.75) is 62.5 Å². The van der Waals surface area contributed by atoms with Gasteiger partial charge >= 0.3 is 6.09 Å². The first-order valence-electron chi connectivity index (χ1n) is 11.8. The Balaban J connectivity index is 1.58. The maximum absolute atomic E-state index is 11.8. The number of piperidine rings is 1. The van der Waals surface area contributed by atoms with Crippen LogP contribution in [0.25, 0.3) is 11.1 Å². The Labute approximate surface area is 205 Å². The molecule has 0 radical (unpaired) electrons. The fourth-order valence-corrected chi connectivity index (χ4v) is 5.70. The largest absolute Gasteiger partial charge is 0.465 e. The zero-order valence-corrected chi connectivity index (χ0v) is 20.3. The Bertz CT molecular complexity index is 970. The monoisotopic (exact) mass is 490 g/mol. The van der Waals surface area contributed by atoms with Crippen LogP contribution in [0.1, 0.15) is 56.4 Å². The van der Waals surface area contributed by atoms with Gasteiger partial charge in [-0.25, -0.2) is 4.79 Å². The number of benzene rings is 2. The Morgan fingerprint density at radius 1 is 1.03 bits per heavy atom. The minimum Gasteiger partial charge on any atom is -0.465 e. The van der Waals surface area contributed by atoms with E-state index in [1.165, 1.54) is 6.42 Å². The third-order valence-electron chi connectivity index (χ3n) is 7.27. The highest BCUT2D eigenvalue weighted by Crippen LogP contribution is 2.42. The molecule has 1 aliphatic carbocycles. The molecule has 3 N–H and O–H groups in total. The lowest BCUT2D eigenvalue weighted by molar-refractivity contribution is -0.0326. The average Bonchev–Trinajstić information content (AvgIpc) is 2.80. The lowest BCUT2D eigenvalue weighted by Gasteiger charge is -2.43. The van der Waals surface area contributed by atoms with E-state index in [1.807, 2.05) is 18.2 Å². The van der Waals surface area contributed by atoms with E-state index in [1.54, 1.807) is 0 Å². The molecule has 0 spiro atoms. The van der Waals surface area contributed by atoms with Crippen LogP contribution in [0.5, 0.6) is 0 Å². The molecule has 2 fully saturated rings. The van der Waals surface area contributed by atoms with E-state index in [0.717, 1.165) is 74.8 Å². The van der Waals surface area contributed by atoms with E-state index in [2.05, 4.69) is 34.5 Å². The van der Waals surface area contributed by atoms with Gasteiger partial charge in [-0.05, 0) is 54.5 Å². The second kappa shape index (κ2) is 10.6. The van der Waals surface area contributed by atoms with Crippen molar-refractivity contribution in [1.29, 1.82) is 0 Å². The molecule has 2 aromatic rings. The molecule has 2 aliphatic rings. The first-order valence-corrected chi connectivity index (χ1v) is 12.6. The molecule has 2 aromatic carbocycles. The van der Waals surface area contributed by atoms with Crippen LogP contribution in [0.4, 0.5) is 4.79 Å². The van der Waals surface area contributed by atoms with E-state index in [-0.39, 0.29) is 12.0 Å². The Hall–Kier alpha value is -1.79. The van der Waals surface area contributed by atoms with Crippen molar-refractivity contribution < 1.29 is 15.0 Å². The third-order valence-corrected chi connectivity index (χ3v) is 8.00. The van der Waals surface area contributed by atoms with Gasteiger partial charge in [0.15, 0.2) is 0 Å². The van der Waals surface area contributed by atoms with Gasteiger partial charge in [-0.15, -0.1) is 0 Å². The summed E-state index contributed by atoms with van der Waals surface area (Å²) in [4.78, 5) is 13.4. The summed E-state index contributed by atoms with van der Waals surface area (Å²) >= 11 is 12.4. The van der Waals surface area contributed by atoms with Gasteiger partial charge in [0.2, 0.25) is 0 Å². The zero-order chi connectivity index (χ0) is 23.4. The Morgan fingerprint density at radius 3 is 2.39 bits per heavy atom. The van der Waals surface area contributed by atoms with Gasteiger partial charge < -0.3 is 20.4 Å². The number of nitrogens with zero attached hydrogens (tertiary/aromatic N) is 1. The van der Waals surface area contributed by atoms with Crippen molar-refractivity contribution in [2.24, 2.45) is 0 Å². The molecular formula is C26H32Cl2N2O3. The molecule has 5 nitrogen and oxygen atoms in total. The van der Waals surface area contributed by atoms with E-state index in [9.17, 15) is 9.90 Å². The van der Waals surface area contributed by atoms with E-state index < -0.39 is 11.7 Å². The predicted octanol–water partition coefficient (Wildman–Crippen LogP) is 6.17. The van der Waals surface area contributed by atoms with Crippen LogP contribution in [0.3, 0.4) is 0 Å². The minimum absolute atomic E-state index is 0.00736. The van der Waals surface area contributed by atoms with E-state index in [4.69, 9.17) is 28.3 Å². The van der Waals surface area contributed by atoms with Crippen LogP contribution in [0, 0.1) is 0 Å². The van der Waals surface area contributed by atoms with Gasteiger partial charge in [0.1, 0.15) is 0 Å². The summed E-state index contributed by atoms with van der Waals surface area (Å²) in [6, 6.07) is 14.1. The molecular weight excluding hydrogens is 459 g/mol. The summed E-state index contributed by atoms with van der Waals surface area (Å²) in [6.07, 6.45) is 5.51. The fraction of sp³-hybridized carbons (Fsp3) is 0.500. The number of hydrogen-bond acceptors (Lipinski definition) is 3. The molecule has 0 bridgehead atoms. The number of carboxylic acid groups (broad SMARTS) is 1. The highest BCUT2D eigenvalue weighted by atomic mass is 35.5. The number of nitrogens with one attached hydrogen (secondary N) is 1. The number of carbonyl (C=O) groups is 1. The van der Waals surface area contributed by atoms with Crippen LogP contribution in [0.2, 0.25) is 10.0 Å². The third kappa shape index (κ3) is 6.02. The predicted molar refractivity (Wildman–Crippen MR) is 133 cm³/mol. The molecule has 7 heteroatoms. The van der Waals surface area contributed by atoms with Gasteiger partial charge in [0.25, 0.3) is 0 Å². The zero-order valence-electron chi connectivity index (χ0n) is 18.8. The number of rotatable bonds is 6. The molecule has 1 unspecified atom stereocenters. The molecule has 33 heavy (non-hydrogen) atoms. The summed E-state index contributed by atoms with van der Waals surface area (Å²) in [5.74, 6) is -0.00972. The van der Waals surface area contributed by atoms with E-state index in [0.29, 0.717) is 10.0 Å². The maximum atomic E-state index is 11.8. The van der Waals surface area contributed by atoms with Crippen molar-refractivity contribution in [3.8, 4) is 11.1 Å². The minimum atomic E-state index is -0.957. The molecule has 1 saturated carbocycles. The lowest BCUT2D eigenvalue weighted by atomic mass is 9.72. The number of hydrogen-bond donors (Lipinski definition) is 3. The van der Waals surface area contributed by atoms with Gasteiger partial charge in [0.05, 0.1) is 15.6 Å². The first kappa shape index (κ1) is 24.3. The molecule has 1 heterocycles. The smallest absolute Gasteiger partial charge is 0.404 e. The summed E-state index contributed by atoms with van der Waals surface area (Å²) in [6.45, 7) is 2.41. The fourth-order valence-electron chi connectivity index (χ4n) is 5.40. The molecule has 0 aromatic heterocycles. The van der Waals surface area contributed by atoms with Gasteiger partial charge in [0, 0.05) is 31.6 Å². The van der Waals surface area contributed by atoms with Crippen LogP contribution in [-0.2, 0) is 0 Å². The second-order valence-corrected chi connectivity index (χ2v) is 10.3. The Kier molecular flexibility index (Phi) is 7.85. The number of halogens is 2. The molecule has 1 atom stereocenters. The summed E-state index contributed by atoms with van der Waals surface area (Å²) in [5.41, 5.74) is 2.46. The number of amides is 1. The van der Waals surface area contributed by atoms with Crippen molar-refractivity contribution in [1.82, 2.24) is 10.2 Å². The van der Waals surface area contributed by atoms with Crippen LogP contribution < -0.4 is 5.32 Å². The Morgan fingerprint density at radius 2 is 1.73 bits per heavy atom. The summed E-state index contributed by atoms with van der Waals surface area (Å²) < 4.78 is 0. The molecule has 1 saturated heterocycles. The molecule has 4 rings (SSSR count). The summed E-state index contributed by atoms with van der Waals surface area (Å²) in [7, 11) is 0. The van der Waals surface area contributed by atoms with E-state index >= 15 is 0 Å². The van der Waals surface area contributed by atoms with Gasteiger partial charge in [-0.2, -0.15) is 0 Å². The van der Waals surface area contributed by atoms with Crippen molar-refractivity contribution in [2.75, 3.05) is 19.6 Å². The van der Waals surface area contributed by atoms with Crippen molar-refractivity contribution >= 4 is 29.3 Å². The highest BCUT2D eigenvalue weighted by molar-refractivity contribution is 6.42. The van der Waals surface area contributed by atoms with Crippen LogP contribution in [-0.4, -0.2) is 52.5 Å². The van der Waals surface area contributed by atoms with Crippen molar-refractivity contribution in [3.05, 3.63) is 58.1 Å². The topological polar surface area (TPSA) is 72.8 Å². The second-order valence-electron chi connectivity index (χ2n) is 9.50. The van der Waals surface area contributed by atoms with Crippen molar-refractivity contribution in [3.63, 3.8) is 0 Å². The lowest BCUT2D eigenvalue weighted by Crippen LogP contribution is -2.49. The quantitative estimate of drug-likeness (QED) is 0.452. The molecule has 1 aliphatic heterocycles. The highest BCUT2D eigenvalue weighted by Gasteiger charge is 2.40. The summed E-state index contributed by atoms with van der Waals surface area (Å²) in [5, 5.41) is 24.5. The molecule has 1 amide bonds. The normalized spacial score (nSPS) is 20.3. The standard InChI is InChI=1S/C26H32Cl2N2O3/c27-23-8-7-19(16-24(23)28)18-5-4-6-20(15-18)22(26(33)11-2-1-3-12-26)17-30-13-9-21(10-14-30)29-25(31)32/h4-8,15-16,21-22,29,33H,1-3,9-14,17H2,(H,31,32). The van der Waals surface area contributed by atoms with Crippen LogP contribution >= 0.6 is 23.2 Å². The average molecular weight is 491 g/mol. The number of aliphatic hydroxyl groups is 1. The maximum Gasteiger partial charge on any atom is 0.404 e. The molecule has 178 valence electrons. The number of likely N-dealkylation sites (tertiary alicyclic amines) is 1. The van der Waals surface area contributed by atoms with Gasteiger partial charge in [-0.1, -0.05) is 72.8 Å². The SMILES string of the molecule is O=C(O)NC1CCN(CC(c2cccc(-c3ccc(Cl)c(Cl)c3)c2)C2(O)CCCCC2)CC1. The van der Waals surface area contributed by atoms with Crippen LogP contribution in [0.15, 0.2) is 42.5 Å². The first-order chi connectivity index (χ1) is 15.8. The van der Waals surface area contributed by atoms with Gasteiger partial charge in [-0.3, -0.25) is 0 Å².